The molecule has 1 unspecified atom stereocenters. The minimum Gasteiger partial charge on any atom is -0.411 e. The number of nitrogens with zero attached hydrogens (tertiary/aromatic N) is 2. The Hall–Kier alpha value is -3.62. The number of carbonyl (C=O) groups excluding carboxylic acids is 2. The van der Waals surface area contributed by atoms with E-state index in [1.165, 1.54) is 0 Å². The lowest BCUT2D eigenvalue weighted by molar-refractivity contribution is -0.113. The van der Waals surface area contributed by atoms with E-state index < -0.39 is 0 Å². The molecule has 1 heterocycles. The van der Waals surface area contributed by atoms with Crippen LogP contribution in [0.2, 0.25) is 5.02 Å². The van der Waals surface area contributed by atoms with Crippen LogP contribution in [0.25, 0.3) is 11.5 Å². The lowest BCUT2D eigenvalue weighted by atomic mass is 10.1. The molecule has 0 fully saturated rings. The van der Waals surface area contributed by atoms with Crippen molar-refractivity contribution in [1.82, 2.24) is 15.5 Å². The van der Waals surface area contributed by atoms with E-state index in [4.69, 9.17) is 16.0 Å². The van der Waals surface area contributed by atoms with Crippen molar-refractivity contribution in [2.75, 3.05) is 11.1 Å². The van der Waals surface area contributed by atoms with E-state index in [9.17, 15) is 9.59 Å². The third kappa shape index (κ3) is 6.03. The van der Waals surface area contributed by atoms with Gasteiger partial charge in [0.1, 0.15) is 0 Å². The molecule has 0 radical (unpaired) electrons. The number of benzene rings is 3. The molecule has 0 saturated heterocycles. The van der Waals surface area contributed by atoms with Crippen LogP contribution in [0.4, 0.5) is 5.69 Å². The van der Waals surface area contributed by atoms with Crippen LogP contribution in [-0.2, 0) is 4.79 Å². The highest BCUT2D eigenvalue weighted by atomic mass is 35.5. The summed E-state index contributed by atoms with van der Waals surface area (Å²) in [6, 6.07) is 23.4. The first-order valence-corrected chi connectivity index (χ1v) is 11.8. The van der Waals surface area contributed by atoms with Gasteiger partial charge in [0.25, 0.3) is 11.1 Å². The molecule has 0 bridgehead atoms. The maximum absolute atomic E-state index is 12.9. The Kier molecular flexibility index (Phi) is 7.61. The summed E-state index contributed by atoms with van der Waals surface area (Å²) in [4.78, 5) is 25.4. The number of carbonyl (C=O) groups is 2. The fourth-order valence-electron chi connectivity index (χ4n) is 3.18. The lowest BCUT2D eigenvalue weighted by Crippen LogP contribution is -2.28. The van der Waals surface area contributed by atoms with Crippen LogP contribution < -0.4 is 10.6 Å². The molecule has 0 aliphatic rings. The van der Waals surface area contributed by atoms with Gasteiger partial charge < -0.3 is 15.1 Å². The second-order valence-corrected chi connectivity index (χ2v) is 8.73. The van der Waals surface area contributed by atoms with Gasteiger partial charge in [-0.1, -0.05) is 65.8 Å². The highest BCUT2D eigenvalue weighted by Crippen LogP contribution is 2.25. The Bertz CT molecular complexity index is 1280. The Morgan fingerprint density at radius 3 is 2.44 bits per heavy atom. The van der Waals surface area contributed by atoms with Crippen molar-refractivity contribution in [1.29, 1.82) is 0 Å². The smallest absolute Gasteiger partial charge is 0.277 e. The monoisotopic (exact) mass is 492 g/mol. The molecule has 1 atom stereocenters. The minimum atomic E-state index is -0.299. The SMILES string of the molecule is CC(NC(=O)c1ccccc1NC(=O)CSc1nnc(-c2ccc(Cl)cc2)o1)c1ccccc1. The van der Waals surface area contributed by atoms with Gasteiger partial charge in [0, 0.05) is 10.6 Å². The predicted molar refractivity (Wildman–Crippen MR) is 133 cm³/mol. The van der Waals surface area contributed by atoms with Gasteiger partial charge in [0.2, 0.25) is 11.8 Å². The first kappa shape index (κ1) is 23.5. The van der Waals surface area contributed by atoms with Crippen LogP contribution >= 0.6 is 23.4 Å². The van der Waals surface area contributed by atoms with Crippen molar-refractivity contribution in [2.45, 2.75) is 18.2 Å². The molecular formula is C25H21ClN4O3S. The quantitative estimate of drug-likeness (QED) is 0.310. The molecule has 0 aliphatic carbocycles. The van der Waals surface area contributed by atoms with Gasteiger partial charge in [-0.2, -0.15) is 0 Å². The number of nitrogens with one attached hydrogen (secondary N) is 2. The van der Waals surface area contributed by atoms with Crippen molar-refractivity contribution in [2.24, 2.45) is 0 Å². The zero-order chi connectivity index (χ0) is 23.9. The fourth-order valence-corrected chi connectivity index (χ4v) is 3.87. The van der Waals surface area contributed by atoms with Gasteiger partial charge in [-0.3, -0.25) is 9.59 Å². The summed E-state index contributed by atoms with van der Waals surface area (Å²) in [6.07, 6.45) is 0. The Balaban J connectivity index is 1.36. The highest BCUT2D eigenvalue weighted by Gasteiger charge is 2.17. The van der Waals surface area contributed by atoms with Crippen LogP contribution in [-0.4, -0.2) is 27.8 Å². The van der Waals surface area contributed by atoms with Crippen molar-refractivity contribution in [3.8, 4) is 11.5 Å². The molecule has 1 aromatic heterocycles. The maximum Gasteiger partial charge on any atom is 0.277 e. The molecule has 0 spiro atoms. The number of anilines is 1. The standard InChI is InChI=1S/C25H21ClN4O3S/c1-16(17-7-3-2-4-8-17)27-23(32)20-9-5-6-10-21(20)28-22(31)15-34-25-30-29-24(33-25)18-11-13-19(26)14-12-18/h2-14,16H,15H2,1H3,(H,27,32)(H,28,31). The summed E-state index contributed by atoms with van der Waals surface area (Å²) in [6.45, 7) is 1.91. The number of aromatic nitrogens is 2. The minimum absolute atomic E-state index is 0.0403. The largest absolute Gasteiger partial charge is 0.411 e. The lowest BCUT2D eigenvalue weighted by Gasteiger charge is -2.16. The fraction of sp³-hybridized carbons (Fsp3) is 0.120. The Morgan fingerprint density at radius 2 is 1.68 bits per heavy atom. The Labute approximate surface area is 205 Å². The van der Waals surface area contributed by atoms with Gasteiger partial charge in [-0.15, -0.1) is 10.2 Å². The molecule has 2 N–H and O–H groups in total. The summed E-state index contributed by atoms with van der Waals surface area (Å²) in [5, 5.41) is 14.6. The van der Waals surface area contributed by atoms with Crippen molar-refractivity contribution in [3.05, 3.63) is 95.0 Å². The molecular weight excluding hydrogens is 472 g/mol. The van der Waals surface area contributed by atoms with Crippen molar-refractivity contribution in [3.63, 3.8) is 0 Å². The second kappa shape index (κ2) is 11.0. The number of para-hydroxylation sites is 1. The van der Waals surface area contributed by atoms with Gasteiger partial charge in [-0.25, -0.2) is 0 Å². The normalized spacial score (nSPS) is 11.6. The van der Waals surface area contributed by atoms with E-state index in [0.717, 1.165) is 22.9 Å². The van der Waals surface area contributed by atoms with E-state index in [0.29, 0.717) is 22.2 Å². The van der Waals surface area contributed by atoms with Crippen LogP contribution in [0.3, 0.4) is 0 Å². The summed E-state index contributed by atoms with van der Waals surface area (Å²) < 4.78 is 5.61. The molecule has 0 saturated carbocycles. The predicted octanol–water partition coefficient (Wildman–Crippen LogP) is 5.61. The van der Waals surface area contributed by atoms with Crippen molar-refractivity contribution >= 4 is 40.9 Å². The number of thioether (sulfide) groups is 1. The second-order valence-electron chi connectivity index (χ2n) is 7.37. The van der Waals surface area contributed by atoms with Crippen LogP contribution in [0, 0.1) is 0 Å². The van der Waals surface area contributed by atoms with Crippen LogP contribution in [0.5, 0.6) is 0 Å². The number of amides is 2. The number of hydrogen-bond donors (Lipinski definition) is 2. The topological polar surface area (TPSA) is 97.1 Å². The maximum atomic E-state index is 12.9. The van der Waals surface area contributed by atoms with Gasteiger partial charge >= 0.3 is 0 Å². The molecule has 9 heteroatoms. The van der Waals surface area contributed by atoms with Crippen molar-refractivity contribution < 1.29 is 14.0 Å². The average molecular weight is 493 g/mol. The van der Waals surface area contributed by atoms with Crippen LogP contribution in [0.15, 0.2) is 88.5 Å². The Morgan fingerprint density at radius 1 is 0.971 bits per heavy atom. The number of halogens is 1. The molecule has 34 heavy (non-hydrogen) atoms. The third-order valence-corrected chi connectivity index (χ3v) is 5.99. The first-order valence-electron chi connectivity index (χ1n) is 10.5. The van der Waals surface area contributed by atoms with Gasteiger partial charge in [0.05, 0.1) is 23.0 Å². The average Bonchev–Trinajstić information content (AvgIpc) is 3.33. The molecule has 4 aromatic rings. The zero-order valence-corrected chi connectivity index (χ0v) is 19.8. The van der Waals surface area contributed by atoms with Crippen LogP contribution in [0.1, 0.15) is 28.9 Å². The van der Waals surface area contributed by atoms with E-state index in [-0.39, 0.29) is 28.8 Å². The number of rotatable bonds is 8. The first-order chi connectivity index (χ1) is 16.5. The number of hydrogen-bond acceptors (Lipinski definition) is 6. The molecule has 4 rings (SSSR count). The summed E-state index contributed by atoms with van der Waals surface area (Å²) >= 11 is 7.01. The molecule has 172 valence electrons. The van der Waals surface area contributed by atoms with E-state index >= 15 is 0 Å². The summed E-state index contributed by atoms with van der Waals surface area (Å²) in [5.41, 5.74) is 2.54. The van der Waals surface area contributed by atoms with Gasteiger partial charge in [0.15, 0.2) is 0 Å². The molecule has 0 aliphatic heterocycles. The highest BCUT2D eigenvalue weighted by molar-refractivity contribution is 7.99. The summed E-state index contributed by atoms with van der Waals surface area (Å²) in [7, 11) is 0. The third-order valence-electron chi connectivity index (χ3n) is 4.92. The molecule has 3 aromatic carbocycles. The molecule has 2 amide bonds. The van der Waals surface area contributed by atoms with Gasteiger partial charge in [-0.05, 0) is 48.9 Å². The zero-order valence-electron chi connectivity index (χ0n) is 18.2. The summed E-state index contributed by atoms with van der Waals surface area (Å²) in [5.74, 6) is -0.190. The molecule has 7 nitrogen and oxygen atoms in total. The van der Waals surface area contributed by atoms with E-state index in [1.807, 2.05) is 37.3 Å². The van der Waals surface area contributed by atoms with E-state index in [1.54, 1.807) is 48.5 Å². The van der Waals surface area contributed by atoms with E-state index in [2.05, 4.69) is 20.8 Å².